The van der Waals surface area contributed by atoms with Crippen LogP contribution in [0.1, 0.15) is 12.5 Å². The van der Waals surface area contributed by atoms with Crippen LogP contribution in [0.5, 0.6) is 0 Å². The summed E-state index contributed by atoms with van der Waals surface area (Å²) in [6.07, 6.45) is 0. The summed E-state index contributed by atoms with van der Waals surface area (Å²) in [6.45, 7) is 1.90. The van der Waals surface area contributed by atoms with Crippen molar-refractivity contribution in [3.8, 4) is 0 Å². The summed E-state index contributed by atoms with van der Waals surface area (Å²) in [7, 11) is 0. The van der Waals surface area contributed by atoms with Crippen molar-refractivity contribution in [2.24, 2.45) is 5.73 Å². The lowest BCUT2D eigenvalue weighted by atomic mass is 10.2. The SMILES string of the molecule is C[C@H](N)C(=O)OCc1ccccc1.Cl. The third-order valence-electron chi connectivity index (χ3n) is 1.60. The van der Waals surface area contributed by atoms with Crippen LogP contribution in [0.3, 0.4) is 0 Å². The molecule has 0 radical (unpaired) electrons. The summed E-state index contributed by atoms with van der Waals surface area (Å²) in [5.74, 6) is -0.371. The maximum absolute atomic E-state index is 11.0. The zero-order valence-electron chi connectivity index (χ0n) is 7.97. The van der Waals surface area contributed by atoms with Crippen molar-refractivity contribution in [2.75, 3.05) is 0 Å². The highest BCUT2D eigenvalue weighted by Crippen LogP contribution is 2.00. The molecule has 0 amide bonds. The minimum Gasteiger partial charge on any atom is -0.460 e. The summed E-state index contributed by atoms with van der Waals surface area (Å²) >= 11 is 0. The lowest BCUT2D eigenvalue weighted by Gasteiger charge is -2.06. The third kappa shape index (κ3) is 4.25. The van der Waals surface area contributed by atoms with E-state index in [-0.39, 0.29) is 18.4 Å². The van der Waals surface area contributed by atoms with E-state index < -0.39 is 6.04 Å². The molecule has 1 atom stereocenters. The van der Waals surface area contributed by atoms with E-state index in [1.165, 1.54) is 0 Å². The molecule has 3 nitrogen and oxygen atoms in total. The topological polar surface area (TPSA) is 52.3 Å². The summed E-state index contributed by atoms with van der Waals surface area (Å²) in [4.78, 5) is 11.0. The number of hydrogen-bond donors (Lipinski definition) is 1. The molecule has 2 N–H and O–H groups in total. The maximum Gasteiger partial charge on any atom is 0.322 e. The van der Waals surface area contributed by atoms with E-state index in [0.717, 1.165) is 5.56 Å². The molecule has 0 saturated carbocycles. The van der Waals surface area contributed by atoms with Gasteiger partial charge in [0.1, 0.15) is 12.6 Å². The van der Waals surface area contributed by atoms with Gasteiger partial charge in [-0.1, -0.05) is 30.3 Å². The molecule has 0 fully saturated rings. The Morgan fingerprint density at radius 1 is 1.43 bits per heavy atom. The largest absolute Gasteiger partial charge is 0.460 e. The van der Waals surface area contributed by atoms with Crippen LogP contribution in [0.4, 0.5) is 0 Å². The first kappa shape index (κ1) is 12.9. The van der Waals surface area contributed by atoms with Gasteiger partial charge < -0.3 is 10.5 Å². The van der Waals surface area contributed by atoms with Crippen molar-refractivity contribution in [3.05, 3.63) is 35.9 Å². The van der Waals surface area contributed by atoms with E-state index in [4.69, 9.17) is 10.5 Å². The monoisotopic (exact) mass is 215 g/mol. The number of benzene rings is 1. The van der Waals surface area contributed by atoms with Gasteiger partial charge in [-0.05, 0) is 12.5 Å². The van der Waals surface area contributed by atoms with Crippen molar-refractivity contribution in [1.82, 2.24) is 0 Å². The first-order chi connectivity index (χ1) is 6.20. The Balaban J connectivity index is 0.00000169. The van der Waals surface area contributed by atoms with Crippen molar-refractivity contribution >= 4 is 18.4 Å². The summed E-state index contributed by atoms with van der Waals surface area (Å²) in [5.41, 5.74) is 6.29. The Kier molecular flexibility index (Phi) is 5.92. The molecule has 1 aromatic carbocycles. The van der Waals surface area contributed by atoms with Gasteiger partial charge in [0, 0.05) is 0 Å². The van der Waals surface area contributed by atoms with Gasteiger partial charge in [0.05, 0.1) is 0 Å². The minimum atomic E-state index is -0.552. The van der Waals surface area contributed by atoms with Gasteiger partial charge in [-0.2, -0.15) is 0 Å². The molecule has 0 bridgehead atoms. The zero-order chi connectivity index (χ0) is 9.68. The highest BCUT2D eigenvalue weighted by atomic mass is 35.5. The van der Waals surface area contributed by atoms with Crippen LogP contribution in [0.15, 0.2) is 30.3 Å². The molecule has 0 spiro atoms. The highest BCUT2D eigenvalue weighted by molar-refractivity contribution is 5.85. The second-order valence-electron chi connectivity index (χ2n) is 2.88. The smallest absolute Gasteiger partial charge is 0.322 e. The predicted molar refractivity (Wildman–Crippen MR) is 57.1 cm³/mol. The number of carbonyl (C=O) groups is 1. The summed E-state index contributed by atoms with van der Waals surface area (Å²) < 4.78 is 4.93. The fourth-order valence-corrected chi connectivity index (χ4v) is 0.860. The number of hydrogen-bond acceptors (Lipinski definition) is 3. The maximum atomic E-state index is 11.0. The zero-order valence-corrected chi connectivity index (χ0v) is 8.79. The molecular weight excluding hydrogens is 202 g/mol. The van der Waals surface area contributed by atoms with Gasteiger partial charge in [-0.3, -0.25) is 4.79 Å². The predicted octanol–water partition coefficient (Wildman–Crippen LogP) is 1.50. The second kappa shape index (κ2) is 6.40. The van der Waals surface area contributed by atoms with Gasteiger partial charge in [-0.25, -0.2) is 0 Å². The van der Waals surface area contributed by atoms with Crippen LogP contribution >= 0.6 is 12.4 Å². The van der Waals surface area contributed by atoms with Crippen LogP contribution in [-0.4, -0.2) is 12.0 Å². The van der Waals surface area contributed by atoms with Crippen LogP contribution < -0.4 is 5.73 Å². The van der Waals surface area contributed by atoms with Gasteiger partial charge >= 0.3 is 5.97 Å². The lowest BCUT2D eigenvalue weighted by Crippen LogP contribution is -2.28. The second-order valence-corrected chi connectivity index (χ2v) is 2.88. The van der Waals surface area contributed by atoms with Crippen LogP contribution in [0, 0.1) is 0 Å². The highest BCUT2D eigenvalue weighted by Gasteiger charge is 2.07. The Morgan fingerprint density at radius 2 is 2.00 bits per heavy atom. The van der Waals surface area contributed by atoms with Gasteiger partial charge in [0.15, 0.2) is 0 Å². The minimum absolute atomic E-state index is 0. The molecular formula is C10H14ClNO2. The van der Waals surface area contributed by atoms with E-state index >= 15 is 0 Å². The van der Waals surface area contributed by atoms with Crippen molar-refractivity contribution in [3.63, 3.8) is 0 Å². The fourth-order valence-electron chi connectivity index (χ4n) is 0.860. The summed E-state index contributed by atoms with van der Waals surface area (Å²) in [5, 5.41) is 0. The first-order valence-electron chi connectivity index (χ1n) is 4.16. The molecule has 14 heavy (non-hydrogen) atoms. The van der Waals surface area contributed by atoms with Crippen molar-refractivity contribution in [1.29, 1.82) is 0 Å². The van der Waals surface area contributed by atoms with Gasteiger partial charge in [-0.15, -0.1) is 12.4 Å². The van der Waals surface area contributed by atoms with Gasteiger partial charge in [0.2, 0.25) is 0 Å². The van der Waals surface area contributed by atoms with E-state index in [1.807, 2.05) is 30.3 Å². The standard InChI is InChI=1S/C10H13NO2.ClH/c1-8(11)10(12)13-7-9-5-3-2-4-6-9;/h2-6,8H,7,11H2,1H3;1H/t8-;/m0./s1. The summed E-state index contributed by atoms with van der Waals surface area (Å²) in [6, 6.07) is 8.95. The van der Waals surface area contributed by atoms with Gasteiger partial charge in [0.25, 0.3) is 0 Å². The quantitative estimate of drug-likeness (QED) is 0.778. The molecule has 1 aromatic rings. The van der Waals surface area contributed by atoms with E-state index in [0.29, 0.717) is 6.61 Å². The molecule has 4 heteroatoms. The van der Waals surface area contributed by atoms with E-state index in [9.17, 15) is 4.79 Å². The normalized spacial score (nSPS) is 11.3. The lowest BCUT2D eigenvalue weighted by molar-refractivity contribution is -0.146. The molecule has 0 unspecified atom stereocenters. The number of nitrogens with two attached hydrogens (primary N) is 1. The van der Waals surface area contributed by atoms with Crippen molar-refractivity contribution in [2.45, 2.75) is 19.6 Å². The molecule has 0 heterocycles. The third-order valence-corrected chi connectivity index (χ3v) is 1.60. The van der Waals surface area contributed by atoms with Crippen LogP contribution in [0.2, 0.25) is 0 Å². The molecule has 0 aliphatic heterocycles. The Labute approximate surface area is 89.7 Å². The average Bonchev–Trinajstić information content (AvgIpc) is 2.15. The fraction of sp³-hybridized carbons (Fsp3) is 0.300. The molecule has 1 rings (SSSR count). The average molecular weight is 216 g/mol. The molecule has 0 aliphatic rings. The first-order valence-corrected chi connectivity index (χ1v) is 4.16. The number of rotatable bonds is 3. The number of esters is 1. The molecule has 78 valence electrons. The van der Waals surface area contributed by atoms with Crippen LogP contribution in [0.25, 0.3) is 0 Å². The van der Waals surface area contributed by atoms with Crippen LogP contribution in [-0.2, 0) is 16.1 Å². The van der Waals surface area contributed by atoms with E-state index in [2.05, 4.69) is 0 Å². The molecule has 0 saturated heterocycles. The number of ether oxygens (including phenoxy) is 1. The number of carbonyl (C=O) groups excluding carboxylic acids is 1. The Morgan fingerprint density at radius 3 is 2.50 bits per heavy atom. The Hall–Kier alpha value is -1.06. The van der Waals surface area contributed by atoms with Crippen molar-refractivity contribution < 1.29 is 9.53 Å². The Bertz CT molecular complexity index is 275. The molecule has 0 aliphatic carbocycles. The van der Waals surface area contributed by atoms with E-state index in [1.54, 1.807) is 6.92 Å². The number of halogens is 1. The molecule has 0 aromatic heterocycles.